The largest absolute Gasteiger partial charge is 0.389 e. The number of rotatable bonds is 7. The van der Waals surface area contributed by atoms with Crippen LogP contribution >= 0.6 is 0 Å². The van der Waals surface area contributed by atoms with Crippen molar-refractivity contribution in [3.63, 3.8) is 0 Å². The van der Waals surface area contributed by atoms with Gasteiger partial charge in [-0.1, -0.05) is 37.3 Å². The topological polar surface area (TPSA) is 72.8 Å². The fraction of sp³-hybridized carbons (Fsp3) is 0.588. The molecule has 1 aliphatic rings. The van der Waals surface area contributed by atoms with Gasteiger partial charge < -0.3 is 15.5 Å². The van der Waals surface area contributed by atoms with Crippen LogP contribution in [0.1, 0.15) is 25.3 Å². The van der Waals surface area contributed by atoms with Crippen molar-refractivity contribution in [1.82, 2.24) is 10.2 Å². The van der Waals surface area contributed by atoms with Crippen molar-refractivity contribution >= 4 is 5.91 Å². The minimum absolute atomic E-state index is 0.0298. The number of benzene rings is 1. The lowest BCUT2D eigenvalue weighted by Gasteiger charge is -2.26. The van der Waals surface area contributed by atoms with E-state index in [1.54, 1.807) is 6.92 Å². The number of amides is 1. The Kier molecular flexibility index (Phi) is 6.36. The Balaban J connectivity index is 1.83. The van der Waals surface area contributed by atoms with Gasteiger partial charge in [0, 0.05) is 19.5 Å². The van der Waals surface area contributed by atoms with E-state index in [0.717, 1.165) is 19.4 Å². The summed E-state index contributed by atoms with van der Waals surface area (Å²) in [7, 11) is 0. The third-order valence-electron chi connectivity index (χ3n) is 4.26. The van der Waals surface area contributed by atoms with Crippen LogP contribution in [0.15, 0.2) is 30.3 Å². The van der Waals surface area contributed by atoms with Gasteiger partial charge >= 0.3 is 0 Å². The molecule has 5 nitrogen and oxygen atoms in total. The highest BCUT2D eigenvalue weighted by Gasteiger charge is 2.39. The van der Waals surface area contributed by atoms with Crippen LogP contribution in [0.5, 0.6) is 0 Å². The highest BCUT2D eigenvalue weighted by molar-refractivity contribution is 5.75. The van der Waals surface area contributed by atoms with Gasteiger partial charge in [-0.3, -0.25) is 9.69 Å². The van der Waals surface area contributed by atoms with Crippen molar-refractivity contribution in [1.29, 1.82) is 0 Å². The SMILES string of the molecule is CCC(=O)NCC1C(O)C(O)CN1CCCc1ccccc1. The van der Waals surface area contributed by atoms with Crippen LogP contribution in [0.2, 0.25) is 0 Å². The van der Waals surface area contributed by atoms with Gasteiger partial charge in [-0.05, 0) is 24.9 Å². The first-order valence-corrected chi connectivity index (χ1v) is 8.02. The van der Waals surface area contributed by atoms with Gasteiger partial charge in [0.05, 0.1) is 18.2 Å². The number of nitrogens with zero attached hydrogens (tertiary/aromatic N) is 1. The molecule has 1 heterocycles. The fourth-order valence-electron chi connectivity index (χ4n) is 2.94. The van der Waals surface area contributed by atoms with E-state index in [9.17, 15) is 15.0 Å². The molecule has 1 amide bonds. The number of likely N-dealkylation sites (tertiary alicyclic amines) is 1. The molecule has 2 rings (SSSR count). The second-order valence-corrected chi connectivity index (χ2v) is 5.87. The van der Waals surface area contributed by atoms with E-state index >= 15 is 0 Å². The first-order valence-electron chi connectivity index (χ1n) is 8.02. The number of aliphatic hydroxyl groups is 2. The number of nitrogens with one attached hydrogen (secondary N) is 1. The van der Waals surface area contributed by atoms with E-state index in [0.29, 0.717) is 19.5 Å². The average Bonchev–Trinajstić information content (AvgIpc) is 2.80. The number of hydrogen-bond donors (Lipinski definition) is 3. The molecule has 1 aliphatic heterocycles. The first kappa shape index (κ1) is 16.9. The standard InChI is InChI=1S/C17H26N2O3/c1-2-16(21)18-11-14-17(22)15(20)12-19(14)10-6-9-13-7-4-3-5-8-13/h3-5,7-8,14-15,17,20,22H,2,6,9-12H2,1H3,(H,18,21). The summed E-state index contributed by atoms with van der Waals surface area (Å²) in [4.78, 5) is 13.5. The average molecular weight is 306 g/mol. The molecule has 0 saturated carbocycles. The molecule has 1 aromatic carbocycles. The van der Waals surface area contributed by atoms with Gasteiger partial charge in [-0.25, -0.2) is 0 Å². The Bertz CT molecular complexity index is 466. The number of β-amino-alcohol motifs (C(OH)–C–C–N with tert-alkyl or cyclic N) is 1. The van der Waals surface area contributed by atoms with Crippen molar-refractivity contribution in [3.05, 3.63) is 35.9 Å². The van der Waals surface area contributed by atoms with Crippen molar-refractivity contribution < 1.29 is 15.0 Å². The predicted octanol–water partition coefficient (Wildman–Crippen LogP) is 0.551. The van der Waals surface area contributed by atoms with E-state index in [4.69, 9.17) is 0 Å². The molecule has 1 fully saturated rings. The summed E-state index contributed by atoms with van der Waals surface area (Å²) in [6.45, 7) is 3.45. The highest BCUT2D eigenvalue weighted by atomic mass is 16.3. The van der Waals surface area contributed by atoms with Gasteiger partial charge in [0.1, 0.15) is 0 Å². The molecule has 0 aromatic heterocycles. The number of carbonyl (C=O) groups excluding carboxylic acids is 1. The van der Waals surface area contributed by atoms with E-state index < -0.39 is 12.2 Å². The normalized spacial score (nSPS) is 25.3. The number of aryl methyl sites for hydroxylation is 1. The van der Waals surface area contributed by atoms with Crippen LogP contribution in [0.3, 0.4) is 0 Å². The van der Waals surface area contributed by atoms with Crippen molar-refractivity contribution in [3.8, 4) is 0 Å². The second-order valence-electron chi connectivity index (χ2n) is 5.87. The van der Waals surface area contributed by atoms with Gasteiger partial charge in [0.25, 0.3) is 0 Å². The predicted molar refractivity (Wildman–Crippen MR) is 85.4 cm³/mol. The fourth-order valence-corrected chi connectivity index (χ4v) is 2.94. The van der Waals surface area contributed by atoms with Gasteiger partial charge in [0.2, 0.25) is 5.91 Å². The van der Waals surface area contributed by atoms with Crippen molar-refractivity contribution in [2.45, 2.75) is 44.4 Å². The Hall–Kier alpha value is -1.43. The summed E-state index contributed by atoms with van der Waals surface area (Å²) < 4.78 is 0. The molecule has 0 spiro atoms. The summed E-state index contributed by atoms with van der Waals surface area (Å²) in [5.74, 6) is -0.0298. The van der Waals surface area contributed by atoms with E-state index in [-0.39, 0.29) is 11.9 Å². The Morgan fingerprint density at radius 3 is 2.73 bits per heavy atom. The molecule has 3 unspecified atom stereocenters. The molecule has 3 atom stereocenters. The maximum atomic E-state index is 11.4. The Labute approximate surface area is 131 Å². The smallest absolute Gasteiger partial charge is 0.219 e. The lowest BCUT2D eigenvalue weighted by atomic mass is 10.1. The van der Waals surface area contributed by atoms with Gasteiger partial charge in [-0.2, -0.15) is 0 Å². The third kappa shape index (κ3) is 4.53. The van der Waals surface area contributed by atoms with Crippen LogP contribution in [-0.4, -0.2) is 58.9 Å². The molecule has 22 heavy (non-hydrogen) atoms. The lowest BCUT2D eigenvalue weighted by molar-refractivity contribution is -0.121. The zero-order valence-electron chi connectivity index (χ0n) is 13.1. The minimum atomic E-state index is -0.797. The van der Waals surface area contributed by atoms with E-state index in [2.05, 4.69) is 22.3 Å². The molecule has 0 aliphatic carbocycles. The van der Waals surface area contributed by atoms with E-state index in [1.165, 1.54) is 5.56 Å². The molecular formula is C17H26N2O3. The minimum Gasteiger partial charge on any atom is -0.389 e. The summed E-state index contributed by atoms with van der Waals surface area (Å²) in [6.07, 6.45) is 0.827. The van der Waals surface area contributed by atoms with Crippen molar-refractivity contribution in [2.75, 3.05) is 19.6 Å². The molecule has 1 saturated heterocycles. The summed E-state index contributed by atoms with van der Waals surface area (Å²) in [6, 6.07) is 10.1. The van der Waals surface area contributed by atoms with Crippen molar-refractivity contribution in [2.24, 2.45) is 0 Å². The molecule has 5 heteroatoms. The molecule has 3 N–H and O–H groups in total. The van der Waals surface area contributed by atoms with E-state index in [1.807, 2.05) is 18.2 Å². The van der Waals surface area contributed by atoms with Crippen LogP contribution in [0, 0.1) is 0 Å². The third-order valence-corrected chi connectivity index (χ3v) is 4.26. The summed E-state index contributed by atoms with van der Waals surface area (Å²) >= 11 is 0. The molecule has 0 radical (unpaired) electrons. The number of aliphatic hydroxyl groups excluding tert-OH is 2. The highest BCUT2D eigenvalue weighted by Crippen LogP contribution is 2.19. The second kappa shape index (κ2) is 8.27. The monoisotopic (exact) mass is 306 g/mol. The lowest BCUT2D eigenvalue weighted by Crippen LogP contribution is -2.45. The molecular weight excluding hydrogens is 280 g/mol. The van der Waals surface area contributed by atoms with Crippen LogP contribution < -0.4 is 5.32 Å². The van der Waals surface area contributed by atoms with Crippen LogP contribution in [0.25, 0.3) is 0 Å². The number of carbonyl (C=O) groups is 1. The van der Waals surface area contributed by atoms with Crippen LogP contribution in [0.4, 0.5) is 0 Å². The zero-order chi connectivity index (χ0) is 15.9. The van der Waals surface area contributed by atoms with Gasteiger partial charge in [-0.15, -0.1) is 0 Å². The summed E-state index contributed by atoms with van der Waals surface area (Å²) in [5, 5.41) is 22.8. The van der Waals surface area contributed by atoms with Crippen LogP contribution in [-0.2, 0) is 11.2 Å². The zero-order valence-corrected chi connectivity index (χ0v) is 13.1. The summed E-state index contributed by atoms with van der Waals surface area (Å²) in [5.41, 5.74) is 1.29. The van der Waals surface area contributed by atoms with Gasteiger partial charge in [0.15, 0.2) is 0 Å². The number of hydrogen-bond acceptors (Lipinski definition) is 4. The maximum Gasteiger partial charge on any atom is 0.219 e. The first-order chi connectivity index (χ1) is 10.6. The Morgan fingerprint density at radius 1 is 1.32 bits per heavy atom. The molecule has 1 aromatic rings. The molecule has 0 bridgehead atoms. The molecule has 122 valence electrons. The quantitative estimate of drug-likeness (QED) is 0.688. The Morgan fingerprint density at radius 2 is 2.05 bits per heavy atom. The maximum absolute atomic E-state index is 11.4.